The SMILES string of the molecule is Cc1ccc(C(=O)Cc2ccc(Br)cc2)c(C)c1. The third-order valence-electron chi connectivity index (χ3n) is 2.96. The summed E-state index contributed by atoms with van der Waals surface area (Å²) in [4.78, 5) is 12.2. The molecule has 2 aromatic rings. The average Bonchev–Trinajstić information content (AvgIpc) is 2.32. The minimum absolute atomic E-state index is 0.176. The smallest absolute Gasteiger partial charge is 0.167 e. The van der Waals surface area contributed by atoms with E-state index in [2.05, 4.69) is 22.0 Å². The molecule has 0 atom stereocenters. The Hall–Kier alpha value is -1.41. The van der Waals surface area contributed by atoms with Crippen LogP contribution in [0.5, 0.6) is 0 Å². The second-order valence-corrected chi connectivity index (χ2v) is 5.46. The van der Waals surface area contributed by atoms with E-state index in [-0.39, 0.29) is 5.78 Å². The zero-order chi connectivity index (χ0) is 13.1. The Labute approximate surface area is 116 Å². The van der Waals surface area contributed by atoms with E-state index < -0.39 is 0 Å². The van der Waals surface area contributed by atoms with Gasteiger partial charge in [-0.2, -0.15) is 0 Å². The van der Waals surface area contributed by atoms with Gasteiger partial charge in [0, 0.05) is 16.5 Å². The number of hydrogen-bond donors (Lipinski definition) is 0. The van der Waals surface area contributed by atoms with Crippen LogP contribution in [-0.4, -0.2) is 5.78 Å². The highest BCUT2D eigenvalue weighted by Gasteiger charge is 2.09. The highest BCUT2D eigenvalue weighted by atomic mass is 79.9. The van der Waals surface area contributed by atoms with Crippen molar-refractivity contribution in [3.8, 4) is 0 Å². The topological polar surface area (TPSA) is 17.1 Å². The van der Waals surface area contributed by atoms with E-state index in [0.717, 1.165) is 21.2 Å². The molecule has 0 saturated heterocycles. The minimum Gasteiger partial charge on any atom is -0.294 e. The Balaban J connectivity index is 2.19. The summed E-state index contributed by atoms with van der Waals surface area (Å²) in [6, 6.07) is 13.8. The predicted octanol–water partition coefficient (Wildman–Crippen LogP) is 4.49. The Morgan fingerprint density at radius 3 is 2.33 bits per heavy atom. The predicted molar refractivity (Wildman–Crippen MR) is 78.1 cm³/mol. The Kier molecular flexibility index (Phi) is 3.97. The van der Waals surface area contributed by atoms with Crippen LogP contribution in [0.2, 0.25) is 0 Å². The zero-order valence-corrected chi connectivity index (χ0v) is 12.1. The molecule has 0 saturated carbocycles. The van der Waals surface area contributed by atoms with Crippen molar-refractivity contribution in [2.45, 2.75) is 20.3 Å². The molecule has 2 rings (SSSR count). The van der Waals surface area contributed by atoms with Gasteiger partial charge in [0.25, 0.3) is 0 Å². The number of hydrogen-bond acceptors (Lipinski definition) is 1. The number of benzene rings is 2. The summed E-state index contributed by atoms with van der Waals surface area (Å²) >= 11 is 3.39. The minimum atomic E-state index is 0.176. The van der Waals surface area contributed by atoms with Crippen molar-refractivity contribution in [2.24, 2.45) is 0 Å². The third kappa shape index (κ3) is 3.08. The maximum absolute atomic E-state index is 12.2. The van der Waals surface area contributed by atoms with Crippen molar-refractivity contribution in [1.82, 2.24) is 0 Å². The van der Waals surface area contributed by atoms with E-state index in [0.29, 0.717) is 6.42 Å². The highest BCUT2D eigenvalue weighted by Crippen LogP contribution is 2.16. The first-order chi connectivity index (χ1) is 8.56. The maximum Gasteiger partial charge on any atom is 0.167 e. The molecule has 1 nitrogen and oxygen atoms in total. The molecule has 2 aromatic carbocycles. The van der Waals surface area contributed by atoms with E-state index in [4.69, 9.17) is 0 Å². The molecule has 0 unspecified atom stereocenters. The second-order valence-electron chi connectivity index (χ2n) is 4.54. The van der Waals surface area contributed by atoms with Crippen LogP contribution in [0.15, 0.2) is 46.9 Å². The first-order valence-electron chi connectivity index (χ1n) is 5.91. The lowest BCUT2D eigenvalue weighted by atomic mass is 9.98. The van der Waals surface area contributed by atoms with Crippen molar-refractivity contribution in [1.29, 1.82) is 0 Å². The monoisotopic (exact) mass is 302 g/mol. The van der Waals surface area contributed by atoms with Crippen LogP contribution < -0.4 is 0 Å². The van der Waals surface area contributed by atoms with Gasteiger partial charge in [-0.25, -0.2) is 0 Å². The number of halogens is 1. The molecule has 0 aliphatic heterocycles. The molecule has 92 valence electrons. The molecule has 0 spiro atoms. The molecular weight excluding hydrogens is 288 g/mol. The van der Waals surface area contributed by atoms with Crippen LogP contribution in [0.25, 0.3) is 0 Å². The highest BCUT2D eigenvalue weighted by molar-refractivity contribution is 9.10. The van der Waals surface area contributed by atoms with Crippen molar-refractivity contribution in [2.75, 3.05) is 0 Å². The molecule has 0 amide bonds. The van der Waals surface area contributed by atoms with Crippen LogP contribution in [0, 0.1) is 13.8 Å². The second kappa shape index (κ2) is 5.49. The Morgan fingerprint density at radius 1 is 1.06 bits per heavy atom. The maximum atomic E-state index is 12.2. The number of Topliss-reactive ketones (excluding diaryl/α,β-unsaturated/α-hetero) is 1. The quantitative estimate of drug-likeness (QED) is 0.763. The summed E-state index contributed by atoms with van der Waals surface area (Å²) in [6.07, 6.45) is 0.456. The summed E-state index contributed by atoms with van der Waals surface area (Å²) in [5.41, 5.74) is 4.11. The van der Waals surface area contributed by atoms with Gasteiger partial charge >= 0.3 is 0 Å². The number of ketones is 1. The van der Waals surface area contributed by atoms with E-state index in [1.165, 1.54) is 5.56 Å². The number of carbonyl (C=O) groups is 1. The van der Waals surface area contributed by atoms with Crippen molar-refractivity contribution >= 4 is 21.7 Å². The fourth-order valence-electron chi connectivity index (χ4n) is 2.01. The lowest BCUT2D eigenvalue weighted by Crippen LogP contribution is -2.05. The summed E-state index contributed by atoms with van der Waals surface area (Å²) in [6.45, 7) is 4.03. The summed E-state index contributed by atoms with van der Waals surface area (Å²) in [5, 5.41) is 0. The molecule has 18 heavy (non-hydrogen) atoms. The normalized spacial score (nSPS) is 10.4. The molecule has 0 heterocycles. The molecule has 0 bridgehead atoms. The van der Waals surface area contributed by atoms with Crippen molar-refractivity contribution in [3.05, 3.63) is 69.2 Å². The molecule has 0 aliphatic carbocycles. The van der Waals surface area contributed by atoms with E-state index in [1.807, 2.05) is 50.2 Å². The van der Waals surface area contributed by atoms with Crippen LogP contribution in [0.3, 0.4) is 0 Å². The lowest BCUT2D eigenvalue weighted by molar-refractivity contribution is 0.0992. The average molecular weight is 303 g/mol. The van der Waals surface area contributed by atoms with E-state index in [1.54, 1.807) is 0 Å². The van der Waals surface area contributed by atoms with E-state index >= 15 is 0 Å². The number of aryl methyl sites for hydroxylation is 2. The fourth-order valence-corrected chi connectivity index (χ4v) is 2.27. The fraction of sp³-hybridized carbons (Fsp3) is 0.188. The van der Waals surface area contributed by atoms with Gasteiger partial charge in [0.1, 0.15) is 0 Å². The molecule has 0 radical (unpaired) electrons. The first kappa shape index (κ1) is 13.0. The molecule has 0 fully saturated rings. The van der Waals surface area contributed by atoms with Gasteiger partial charge in [-0.3, -0.25) is 4.79 Å². The van der Waals surface area contributed by atoms with Gasteiger partial charge in [0.15, 0.2) is 5.78 Å². The van der Waals surface area contributed by atoms with Crippen LogP contribution in [0.1, 0.15) is 27.0 Å². The van der Waals surface area contributed by atoms with Gasteiger partial charge in [0.2, 0.25) is 0 Å². The van der Waals surface area contributed by atoms with Crippen molar-refractivity contribution in [3.63, 3.8) is 0 Å². The summed E-state index contributed by atoms with van der Waals surface area (Å²) in [7, 11) is 0. The molecule has 0 N–H and O–H groups in total. The zero-order valence-electron chi connectivity index (χ0n) is 10.5. The van der Waals surface area contributed by atoms with Gasteiger partial charge in [-0.1, -0.05) is 51.8 Å². The van der Waals surface area contributed by atoms with E-state index in [9.17, 15) is 4.79 Å². The Morgan fingerprint density at radius 2 is 1.72 bits per heavy atom. The molecule has 0 aliphatic rings. The van der Waals surface area contributed by atoms with Crippen LogP contribution in [-0.2, 0) is 6.42 Å². The summed E-state index contributed by atoms with van der Waals surface area (Å²) in [5.74, 6) is 0.176. The van der Waals surface area contributed by atoms with Crippen molar-refractivity contribution < 1.29 is 4.79 Å². The number of carbonyl (C=O) groups excluding carboxylic acids is 1. The number of rotatable bonds is 3. The third-order valence-corrected chi connectivity index (χ3v) is 3.49. The van der Waals surface area contributed by atoms with Gasteiger partial charge < -0.3 is 0 Å². The van der Waals surface area contributed by atoms with Gasteiger partial charge in [-0.15, -0.1) is 0 Å². The van der Waals surface area contributed by atoms with Crippen LogP contribution >= 0.6 is 15.9 Å². The standard InChI is InChI=1S/C16H15BrO/c1-11-3-8-15(12(2)9-11)16(18)10-13-4-6-14(17)7-5-13/h3-9H,10H2,1-2H3. The van der Waals surface area contributed by atoms with Gasteiger partial charge in [0.05, 0.1) is 0 Å². The molecule has 2 heteroatoms. The summed E-state index contributed by atoms with van der Waals surface area (Å²) < 4.78 is 1.03. The molecular formula is C16H15BrO. The largest absolute Gasteiger partial charge is 0.294 e. The van der Waals surface area contributed by atoms with Crippen LogP contribution in [0.4, 0.5) is 0 Å². The lowest BCUT2D eigenvalue weighted by Gasteiger charge is -2.06. The Bertz CT molecular complexity index is 570. The molecule has 0 aromatic heterocycles. The van der Waals surface area contributed by atoms with Gasteiger partial charge in [-0.05, 0) is 37.1 Å². The first-order valence-corrected chi connectivity index (χ1v) is 6.70.